The van der Waals surface area contributed by atoms with Crippen molar-refractivity contribution in [3.05, 3.63) is 24.3 Å². The second kappa shape index (κ2) is 4.91. The van der Waals surface area contributed by atoms with Gasteiger partial charge in [0.25, 0.3) is 21.4 Å². The van der Waals surface area contributed by atoms with Gasteiger partial charge in [-0.3, -0.25) is 13.4 Å². The molecule has 0 aliphatic rings. The first-order valence-electron chi connectivity index (χ1n) is 4.32. The number of hydrogen-bond donors (Lipinski definition) is 2. The van der Waals surface area contributed by atoms with Gasteiger partial charge in [-0.25, -0.2) is 4.21 Å². The summed E-state index contributed by atoms with van der Waals surface area (Å²) in [7, 11) is -4.23. The highest BCUT2D eigenvalue weighted by molar-refractivity contribution is 7.85. The lowest BCUT2D eigenvalue weighted by atomic mass is 10.3. The van der Waals surface area contributed by atoms with Crippen LogP contribution in [0.5, 0.6) is 0 Å². The lowest BCUT2D eigenvalue weighted by Gasteiger charge is -2.17. The average molecular weight is 265 g/mol. The summed E-state index contributed by atoms with van der Waals surface area (Å²) in [6.45, 7) is 1.99. The summed E-state index contributed by atoms with van der Waals surface area (Å²) < 4.78 is 51.2. The quantitative estimate of drug-likeness (QED) is 0.623. The minimum atomic E-state index is -4.23. The smallest absolute Gasteiger partial charge is 0.289 e. The Morgan fingerprint density at radius 3 is 2.12 bits per heavy atom. The molecular formula is C8H11NO5S2. The Kier molecular flexibility index (Phi) is 4.03. The van der Waals surface area contributed by atoms with Crippen molar-refractivity contribution in [3.63, 3.8) is 0 Å². The van der Waals surface area contributed by atoms with Crippen LogP contribution in [0.1, 0.15) is 6.92 Å². The van der Waals surface area contributed by atoms with Crippen LogP contribution in [0.15, 0.2) is 29.2 Å². The zero-order valence-corrected chi connectivity index (χ0v) is 10.0. The fourth-order valence-electron chi connectivity index (χ4n) is 1.17. The highest BCUT2D eigenvalue weighted by Crippen LogP contribution is 2.18. The van der Waals surface area contributed by atoms with Gasteiger partial charge in [0.05, 0.1) is 10.6 Å². The molecule has 0 aliphatic carbocycles. The zero-order valence-electron chi connectivity index (χ0n) is 8.40. The van der Waals surface area contributed by atoms with E-state index in [0.717, 1.165) is 4.31 Å². The molecule has 6 nitrogen and oxygen atoms in total. The molecule has 1 aromatic rings. The fraction of sp³-hybridized carbons (Fsp3) is 0.250. The Labute approximate surface area is 96.1 Å². The van der Waals surface area contributed by atoms with E-state index in [0.29, 0.717) is 12.2 Å². The van der Waals surface area contributed by atoms with E-state index in [-0.39, 0.29) is 4.90 Å². The van der Waals surface area contributed by atoms with E-state index in [1.54, 1.807) is 6.92 Å². The highest BCUT2D eigenvalue weighted by atomic mass is 32.2. The van der Waals surface area contributed by atoms with Crippen molar-refractivity contribution in [2.75, 3.05) is 10.8 Å². The van der Waals surface area contributed by atoms with Crippen LogP contribution in [-0.4, -0.2) is 28.3 Å². The van der Waals surface area contributed by atoms with Crippen LogP contribution in [0.3, 0.4) is 0 Å². The van der Waals surface area contributed by atoms with Gasteiger partial charge in [-0.05, 0) is 31.2 Å². The van der Waals surface area contributed by atoms with Gasteiger partial charge in [0, 0.05) is 6.54 Å². The summed E-state index contributed by atoms with van der Waals surface area (Å²) in [5, 5.41) is 0. The molecule has 2 N–H and O–H groups in total. The summed E-state index contributed by atoms with van der Waals surface area (Å²) in [5.41, 5.74) is 0.399. The van der Waals surface area contributed by atoms with E-state index >= 15 is 0 Å². The largest absolute Gasteiger partial charge is 0.294 e. The molecule has 1 atom stereocenters. The summed E-state index contributed by atoms with van der Waals surface area (Å²) in [4.78, 5) is -0.254. The minimum absolute atomic E-state index is 0.254. The van der Waals surface area contributed by atoms with Crippen LogP contribution in [0.4, 0.5) is 5.69 Å². The summed E-state index contributed by atoms with van der Waals surface area (Å²) >= 11 is -2.16. The maximum atomic E-state index is 10.9. The summed E-state index contributed by atoms with van der Waals surface area (Å²) in [5.74, 6) is 0. The first-order valence-corrected chi connectivity index (χ1v) is 6.82. The predicted octanol–water partition coefficient (Wildman–Crippen LogP) is 0.896. The van der Waals surface area contributed by atoms with Crippen LogP contribution in [0.2, 0.25) is 0 Å². The molecule has 0 radical (unpaired) electrons. The van der Waals surface area contributed by atoms with Crippen molar-refractivity contribution in [2.24, 2.45) is 0 Å². The normalized spacial score (nSPS) is 13.4. The number of rotatable bonds is 4. The summed E-state index contributed by atoms with van der Waals surface area (Å²) in [6, 6.07) is 5.03. The zero-order chi connectivity index (χ0) is 12.3. The molecule has 0 bridgehead atoms. The molecule has 0 saturated carbocycles. The van der Waals surface area contributed by atoms with Gasteiger partial charge in [0.1, 0.15) is 0 Å². The van der Waals surface area contributed by atoms with Crippen molar-refractivity contribution in [1.82, 2.24) is 0 Å². The van der Waals surface area contributed by atoms with E-state index in [4.69, 9.17) is 9.11 Å². The average Bonchev–Trinajstić information content (AvgIpc) is 2.17. The number of nitrogens with zero attached hydrogens (tertiary/aromatic N) is 1. The Morgan fingerprint density at radius 2 is 1.81 bits per heavy atom. The van der Waals surface area contributed by atoms with E-state index in [2.05, 4.69) is 0 Å². The second-order valence-electron chi connectivity index (χ2n) is 2.89. The van der Waals surface area contributed by atoms with Gasteiger partial charge in [0.2, 0.25) is 0 Å². The van der Waals surface area contributed by atoms with Crippen LogP contribution >= 0.6 is 0 Å². The third-order valence-electron chi connectivity index (χ3n) is 1.90. The van der Waals surface area contributed by atoms with Gasteiger partial charge in [-0.1, -0.05) is 0 Å². The molecule has 0 heterocycles. The molecule has 16 heavy (non-hydrogen) atoms. The Balaban J connectivity index is 3.08. The van der Waals surface area contributed by atoms with Gasteiger partial charge < -0.3 is 0 Å². The molecule has 0 saturated heterocycles. The van der Waals surface area contributed by atoms with Crippen molar-refractivity contribution in [2.45, 2.75) is 11.8 Å². The Hall–Kier alpha value is -0.960. The van der Waals surface area contributed by atoms with Gasteiger partial charge >= 0.3 is 0 Å². The molecule has 0 aliphatic heterocycles. The van der Waals surface area contributed by atoms with Crippen LogP contribution < -0.4 is 4.31 Å². The van der Waals surface area contributed by atoms with Crippen LogP contribution in [0, 0.1) is 0 Å². The first kappa shape index (κ1) is 13.1. The molecule has 1 unspecified atom stereocenters. The lowest BCUT2D eigenvalue weighted by molar-refractivity contribution is 0.483. The van der Waals surface area contributed by atoms with Crippen molar-refractivity contribution < 1.29 is 21.7 Å². The van der Waals surface area contributed by atoms with E-state index < -0.39 is 21.4 Å². The molecule has 1 rings (SSSR count). The van der Waals surface area contributed by atoms with E-state index in [1.165, 1.54) is 24.3 Å². The summed E-state index contributed by atoms with van der Waals surface area (Å²) in [6.07, 6.45) is 0. The van der Waals surface area contributed by atoms with Gasteiger partial charge in [-0.2, -0.15) is 8.42 Å². The predicted molar refractivity (Wildman–Crippen MR) is 60.0 cm³/mol. The molecule has 1 aromatic carbocycles. The molecule has 0 spiro atoms. The molecule has 90 valence electrons. The SMILES string of the molecule is CCN(c1ccc(S(=O)(=O)O)cc1)S(=O)O. The van der Waals surface area contributed by atoms with E-state index in [1.807, 2.05) is 0 Å². The number of benzene rings is 1. The fourth-order valence-corrected chi connectivity index (χ4v) is 2.17. The number of hydrogen-bond acceptors (Lipinski definition) is 3. The molecular weight excluding hydrogens is 254 g/mol. The first-order chi connectivity index (χ1) is 7.36. The van der Waals surface area contributed by atoms with Crippen molar-refractivity contribution >= 4 is 27.1 Å². The minimum Gasteiger partial charge on any atom is -0.289 e. The van der Waals surface area contributed by atoms with Gasteiger partial charge in [0.15, 0.2) is 0 Å². The maximum absolute atomic E-state index is 10.9. The third-order valence-corrected chi connectivity index (χ3v) is 3.61. The molecule has 0 fully saturated rings. The Morgan fingerprint density at radius 1 is 1.31 bits per heavy atom. The standard InChI is InChI=1S/C8H11NO5S2/c1-2-9(15(10)11)7-3-5-8(6-4-7)16(12,13)14/h3-6H,2H2,1H3,(H,10,11)(H,12,13,14). The molecule has 0 amide bonds. The van der Waals surface area contributed by atoms with Crippen molar-refractivity contribution in [3.8, 4) is 0 Å². The molecule has 0 aromatic heterocycles. The van der Waals surface area contributed by atoms with E-state index in [9.17, 15) is 12.6 Å². The van der Waals surface area contributed by atoms with Crippen molar-refractivity contribution in [1.29, 1.82) is 0 Å². The topological polar surface area (TPSA) is 94.9 Å². The monoisotopic (exact) mass is 265 g/mol. The van der Waals surface area contributed by atoms with Crippen LogP contribution in [0.25, 0.3) is 0 Å². The lowest BCUT2D eigenvalue weighted by Crippen LogP contribution is -2.24. The third kappa shape index (κ3) is 3.01. The highest BCUT2D eigenvalue weighted by Gasteiger charge is 2.12. The molecule has 8 heteroatoms. The van der Waals surface area contributed by atoms with Crippen LogP contribution in [-0.2, 0) is 21.4 Å². The maximum Gasteiger partial charge on any atom is 0.294 e. The Bertz CT molecular complexity index is 482. The number of anilines is 1. The second-order valence-corrected chi connectivity index (χ2v) is 5.22. The van der Waals surface area contributed by atoms with Gasteiger partial charge in [-0.15, -0.1) is 0 Å².